The summed E-state index contributed by atoms with van der Waals surface area (Å²) in [7, 11) is 1.72. The van der Waals surface area contributed by atoms with Crippen molar-refractivity contribution >= 4 is 5.91 Å². The molecule has 19 heavy (non-hydrogen) atoms. The van der Waals surface area contributed by atoms with Gasteiger partial charge in [0.15, 0.2) is 0 Å². The molecule has 0 radical (unpaired) electrons. The lowest BCUT2D eigenvalue weighted by Crippen LogP contribution is -2.46. The standard InChI is InChI=1S/C15H28N2O2/c1-15(2,7-8-19-3)10-17-14(18)13-12-6-4-5-11(12)9-16-13/h11-13,16H,4-10H2,1-3H3,(H,17,18). The molecule has 0 spiro atoms. The number of amides is 1. The van der Waals surface area contributed by atoms with E-state index in [1.807, 2.05) is 0 Å². The van der Waals surface area contributed by atoms with Gasteiger partial charge in [-0.1, -0.05) is 20.3 Å². The molecule has 4 nitrogen and oxygen atoms in total. The summed E-state index contributed by atoms with van der Waals surface area (Å²) in [6.45, 7) is 6.84. The Balaban J connectivity index is 1.78. The van der Waals surface area contributed by atoms with E-state index in [1.165, 1.54) is 19.3 Å². The van der Waals surface area contributed by atoms with Gasteiger partial charge < -0.3 is 15.4 Å². The van der Waals surface area contributed by atoms with Gasteiger partial charge >= 0.3 is 0 Å². The largest absolute Gasteiger partial charge is 0.385 e. The van der Waals surface area contributed by atoms with Crippen LogP contribution in [0.25, 0.3) is 0 Å². The van der Waals surface area contributed by atoms with Crippen LogP contribution in [0.1, 0.15) is 39.5 Å². The zero-order chi connectivity index (χ0) is 13.9. The second-order valence-corrected chi connectivity index (χ2v) is 6.87. The molecule has 3 unspecified atom stereocenters. The minimum absolute atomic E-state index is 0.0470. The predicted molar refractivity (Wildman–Crippen MR) is 75.9 cm³/mol. The average molecular weight is 268 g/mol. The zero-order valence-electron chi connectivity index (χ0n) is 12.5. The summed E-state index contributed by atoms with van der Waals surface area (Å²) in [5.41, 5.74) is 0.0966. The zero-order valence-corrected chi connectivity index (χ0v) is 12.5. The molecule has 1 aliphatic carbocycles. The number of ether oxygens (including phenoxy) is 1. The van der Waals surface area contributed by atoms with Crippen molar-refractivity contribution in [3.05, 3.63) is 0 Å². The van der Waals surface area contributed by atoms with Gasteiger partial charge in [0.1, 0.15) is 0 Å². The van der Waals surface area contributed by atoms with Gasteiger partial charge in [0.05, 0.1) is 6.04 Å². The molecule has 2 rings (SSSR count). The molecule has 1 aliphatic heterocycles. The van der Waals surface area contributed by atoms with Crippen LogP contribution in [0.15, 0.2) is 0 Å². The van der Waals surface area contributed by atoms with E-state index in [4.69, 9.17) is 4.74 Å². The van der Waals surface area contributed by atoms with Crippen molar-refractivity contribution in [1.82, 2.24) is 10.6 Å². The number of fused-ring (bicyclic) bond motifs is 1. The number of carbonyl (C=O) groups excluding carboxylic acids is 1. The Labute approximate surface area is 116 Å². The minimum Gasteiger partial charge on any atom is -0.385 e. The lowest BCUT2D eigenvalue weighted by Gasteiger charge is -2.26. The smallest absolute Gasteiger partial charge is 0.237 e. The van der Waals surface area contributed by atoms with E-state index in [9.17, 15) is 4.79 Å². The fraction of sp³-hybridized carbons (Fsp3) is 0.933. The normalized spacial score (nSPS) is 30.4. The monoisotopic (exact) mass is 268 g/mol. The number of methoxy groups -OCH3 is 1. The highest BCUT2D eigenvalue weighted by Crippen LogP contribution is 2.37. The minimum atomic E-state index is 0.0470. The van der Waals surface area contributed by atoms with Crippen molar-refractivity contribution in [3.8, 4) is 0 Å². The summed E-state index contributed by atoms with van der Waals surface area (Å²) >= 11 is 0. The number of hydrogen-bond acceptors (Lipinski definition) is 3. The summed E-state index contributed by atoms with van der Waals surface area (Å²) in [6.07, 6.45) is 4.76. The third kappa shape index (κ3) is 3.69. The maximum atomic E-state index is 12.3. The van der Waals surface area contributed by atoms with Gasteiger partial charge in [-0.25, -0.2) is 0 Å². The van der Waals surface area contributed by atoms with Gasteiger partial charge in [-0.3, -0.25) is 4.79 Å². The van der Waals surface area contributed by atoms with E-state index in [0.29, 0.717) is 5.92 Å². The van der Waals surface area contributed by atoms with Crippen LogP contribution in [0.5, 0.6) is 0 Å². The van der Waals surface area contributed by atoms with Gasteiger partial charge in [-0.15, -0.1) is 0 Å². The molecule has 1 saturated heterocycles. The van der Waals surface area contributed by atoms with Gasteiger partial charge in [-0.2, -0.15) is 0 Å². The molecule has 0 aromatic rings. The van der Waals surface area contributed by atoms with E-state index >= 15 is 0 Å². The molecule has 2 aliphatic rings. The summed E-state index contributed by atoms with van der Waals surface area (Å²) < 4.78 is 5.12. The van der Waals surface area contributed by atoms with Crippen molar-refractivity contribution < 1.29 is 9.53 Å². The van der Waals surface area contributed by atoms with E-state index in [1.54, 1.807) is 7.11 Å². The maximum Gasteiger partial charge on any atom is 0.237 e. The Hall–Kier alpha value is -0.610. The lowest BCUT2D eigenvalue weighted by atomic mass is 9.89. The second kappa shape index (κ2) is 6.23. The fourth-order valence-electron chi connectivity index (χ4n) is 3.38. The fourth-order valence-corrected chi connectivity index (χ4v) is 3.38. The molecule has 1 heterocycles. The Kier molecular flexibility index (Phi) is 4.85. The Morgan fingerprint density at radius 2 is 2.21 bits per heavy atom. The SMILES string of the molecule is COCCC(C)(C)CNC(=O)C1NCC2CCCC21. The van der Waals surface area contributed by atoms with Crippen molar-refractivity contribution in [2.24, 2.45) is 17.3 Å². The van der Waals surface area contributed by atoms with Crippen LogP contribution in [-0.2, 0) is 9.53 Å². The average Bonchev–Trinajstić information content (AvgIpc) is 2.96. The number of rotatable bonds is 6. The Bertz CT molecular complexity index is 317. The van der Waals surface area contributed by atoms with Gasteiger partial charge in [0, 0.05) is 20.3 Å². The summed E-state index contributed by atoms with van der Waals surface area (Å²) in [5.74, 6) is 1.50. The first-order valence-electron chi connectivity index (χ1n) is 7.53. The van der Waals surface area contributed by atoms with Gasteiger partial charge in [0.25, 0.3) is 0 Å². The van der Waals surface area contributed by atoms with Crippen LogP contribution in [0.4, 0.5) is 0 Å². The number of carbonyl (C=O) groups is 1. The summed E-state index contributed by atoms with van der Waals surface area (Å²) in [6, 6.07) is 0.0470. The third-order valence-electron chi connectivity index (χ3n) is 4.75. The molecule has 0 aromatic heterocycles. The molecular formula is C15H28N2O2. The molecule has 4 heteroatoms. The van der Waals surface area contributed by atoms with Crippen LogP contribution in [0, 0.1) is 17.3 Å². The molecule has 1 saturated carbocycles. The number of nitrogens with one attached hydrogen (secondary N) is 2. The highest BCUT2D eigenvalue weighted by molar-refractivity contribution is 5.82. The first kappa shape index (κ1) is 14.8. The van der Waals surface area contributed by atoms with Crippen LogP contribution in [-0.4, -0.2) is 38.8 Å². The highest BCUT2D eigenvalue weighted by Gasteiger charge is 2.42. The quantitative estimate of drug-likeness (QED) is 0.768. The molecule has 0 aromatic carbocycles. The summed E-state index contributed by atoms with van der Waals surface area (Å²) in [5, 5.41) is 6.53. The molecule has 2 fully saturated rings. The van der Waals surface area contributed by atoms with Crippen LogP contribution < -0.4 is 10.6 Å². The second-order valence-electron chi connectivity index (χ2n) is 6.87. The van der Waals surface area contributed by atoms with Crippen LogP contribution in [0.3, 0.4) is 0 Å². The van der Waals surface area contributed by atoms with Crippen molar-refractivity contribution in [1.29, 1.82) is 0 Å². The van der Waals surface area contributed by atoms with Crippen molar-refractivity contribution in [2.45, 2.75) is 45.6 Å². The molecule has 0 bridgehead atoms. The topological polar surface area (TPSA) is 50.4 Å². The molecule has 2 N–H and O–H groups in total. The Morgan fingerprint density at radius 3 is 2.95 bits per heavy atom. The molecule has 1 amide bonds. The molecule has 3 atom stereocenters. The van der Waals surface area contributed by atoms with E-state index < -0.39 is 0 Å². The van der Waals surface area contributed by atoms with Crippen LogP contribution >= 0.6 is 0 Å². The van der Waals surface area contributed by atoms with Crippen molar-refractivity contribution in [3.63, 3.8) is 0 Å². The van der Waals surface area contributed by atoms with Crippen LogP contribution in [0.2, 0.25) is 0 Å². The van der Waals surface area contributed by atoms with Gasteiger partial charge in [0.2, 0.25) is 5.91 Å². The van der Waals surface area contributed by atoms with E-state index in [2.05, 4.69) is 24.5 Å². The number of hydrogen-bond donors (Lipinski definition) is 2. The maximum absolute atomic E-state index is 12.3. The molecular weight excluding hydrogens is 240 g/mol. The highest BCUT2D eigenvalue weighted by atomic mass is 16.5. The van der Waals surface area contributed by atoms with E-state index in [-0.39, 0.29) is 17.4 Å². The van der Waals surface area contributed by atoms with E-state index in [0.717, 1.165) is 32.0 Å². The van der Waals surface area contributed by atoms with Gasteiger partial charge in [-0.05, 0) is 43.1 Å². The van der Waals surface area contributed by atoms with Crippen molar-refractivity contribution in [2.75, 3.05) is 26.8 Å². The first-order valence-corrected chi connectivity index (χ1v) is 7.53. The Morgan fingerprint density at radius 1 is 1.42 bits per heavy atom. The first-order chi connectivity index (χ1) is 9.03. The third-order valence-corrected chi connectivity index (χ3v) is 4.75. The molecule has 110 valence electrons. The lowest BCUT2D eigenvalue weighted by molar-refractivity contribution is -0.124. The predicted octanol–water partition coefficient (Wildman–Crippen LogP) is 1.55. The summed E-state index contributed by atoms with van der Waals surface area (Å²) in [4.78, 5) is 12.3.